The molecule has 0 bridgehead atoms. The Bertz CT molecular complexity index is 251. The van der Waals surface area contributed by atoms with Crippen molar-refractivity contribution < 1.29 is 9.63 Å². The molecule has 0 aliphatic carbocycles. The summed E-state index contributed by atoms with van der Waals surface area (Å²) in [5, 5.41) is 0. The number of carbonyl (C=O) groups excluding carboxylic acids is 1. The number of aryl methyl sites for hydroxylation is 1. The van der Waals surface area contributed by atoms with Gasteiger partial charge in [-0.25, -0.2) is 0 Å². The summed E-state index contributed by atoms with van der Waals surface area (Å²) in [5.41, 5.74) is 1.11. The number of hydrogen-bond acceptors (Lipinski definition) is 3. The van der Waals surface area contributed by atoms with Crippen molar-refractivity contribution in [3.63, 3.8) is 0 Å². The molecule has 0 saturated heterocycles. The molecule has 0 aromatic heterocycles. The molecule has 0 spiro atoms. The molecule has 0 heterocycles. The summed E-state index contributed by atoms with van der Waals surface area (Å²) in [6.07, 6.45) is 1.01. The van der Waals surface area contributed by atoms with E-state index >= 15 is 0 Å². The van der Waals surface area contributed by atoms with E-state index in [2.05, 4.69) is 10.7 Å². The van der Waals surface area contributed by atoms with Crippen LogP contribution in [-0.4, -0.2) is 35.5 Å². The van der Waals surface area contributed by atoms with Gasteiger partial charge >= 0.3 is 35.5 Å². The van der Waals surface area contributed by atoms with Crippen LogP contribution >= 0.6 is 0 Å². The maximum atomic E-state index is 10.6. The zero-order valence-corrected chi connectivity index (χ0v) is 6.69. The van der Waals surface area contributed by atoms with E-state index in [0.717, 1.165) is 5.56 Å². The van der Waals surface area contributed by atoms with Crippen LogP contribution in [0.25, 0.3) is 0 Å². The second kappa shape index (κ2) is 7.09. The van der Waals surface area contributed by atoms with E-state index in [9.17, 15) is 4.79 Å². The zero-order valence-electron chi connectivity index (χ0n) is 6.69. The van der Waals surface area contributed by atoms with Gasteiger partial charge in [-0.15, -0.1) is 0 Å². The number of benzene rings is 1. The monoisotopic (exact) mass is 189 g/mol. The van der Waals surface area contributed by atoms with Gasteiger partial charge in [-0.2, -0.15) is 5.90 Å². The van der Waals surface area contributed by atoms with Crippen LogP contribution < -0.4 is 5.90 Å². The third-order valence-corrected chi connectivity index (χ3v) is 1.59. The van der Waals surface area contributed by atoms with Gasteiger partial charge in [-0.3, -0.25) is 4.79 Å². The fourth-order valence-corrected chi connectivity index (χ4v) is 0.950. The molecule has 0 amide bonds. The SMILES string of the molecule is NOC(=O)CCc1ccccc1.[NaH]. The second-order valence-electron chi connectivity index (χ2n) is 2.48. The molecule has 13 heavy (non-hydrogen) atoms. The summed E-state index contributed by atoms with van der Waals surface area (Å²) in [4.78, 5) is 14.7. The van der Waals surface area contributed by atoms with E-state index in [4.69, 9.17) is 0 Å². The molecule has 0 unspecified atom stereocenters. The van der Waals surface area contributed by atoms with Crippen LogP contribution in [0.5, 0.6) is 0 Å². The quantitative estimate of drug-likeness (QED) is 0.552. The van der Waals surface area contributed by atoms with Crippen molar-refractivity contribution in [2.45, 2.75) is 12.8 Å². The molecular formula is C9H12NNaO2. The molecule has 0 aliphatic rings. The Hall–Kier alpha value is -0.350. The van der Waals surface area contributed by atoms with Crippen molar-refractivity contribution in [1.82, 2.24) is 0 Å². The van der Waals surface area contributed by atoms with Gasteiger partial charge in [0.05, 0.1) is 6.42 Å². The van der Waals surface area contributed by atoms with Crippen molar-refractivity contribution >= 4 is 35.5 Å². The Kier molecular flexibility index (Phi) is 6.90. The zero-order chi connectivity index (χ0) is 8.81. The number of carbonyl (C=O) groups is 1. The average Bonchev–Trinajstić information content (AvgIpc) is 2.16. The predicted molar refractivity (Wildman–Crippen MR) is 52.2 cm³/mol. The first-order chi connectivity index (χ1) is 5.83. The summed E-state index contributed by atoms with van der Waals surface area (Å²) < 4.78 is 0. The minimum atomic E-state index is -0.376. The molecule has 0 saturated carbocycles. The molecule has 0 aliphatic heterocycles. The van der Waals surface area contributed by atoms with Gasteiger partial charge in [-0.1, -0.05) is 30.3 Å². The number of rotatable bonds is 3. The fraction of sp³-hybridized carbons (Fsp3) is 0.222. The predicted octanol–water partition coefficient (Wildman–Crippen LogP) is 0.388. The van der Waals surface area contributed by atoms with Crippen LogP contribution in [0.15, 0.2) is 30.3 Å². The molecule has 0 atom stereocenters. The second-order valence-corrected chi connectivity index (χ2v) is 2.48. The van der Waals surface area contributed by atoms with E-state index in [0.29, 0.717) is 12.8 Å². The summed E-state index contributed by atoms with van der Waals surface area (Å²) in [6.45, 7) is 0. The Morgan fingerprint density at radius 1 is 1.31 bits per heavy atom. The molecule has 0 fully saturated rings. The van der Waals surface area contributed by atoms with Gasteiger partial charge in [0, 0.05) is 0 Å². The standard InChI is InChI=1S/C9H11NO2.Na.H/c10-12-9(11)7-6-8-4-2-1-3-5-8;;/h1-5H,6-7,10H2;;. The number of hydrogen-bond donors (Lipinski definition) is 1. The van der Waals surface area contributed by atoms with E-state index in [1.54, 1.807) is 0 Å². The van der Waals surface area contributed by atoms with Gasteiger partial charge in [0.2, 0.25) is 0 Å². The van der Waals surface area contributed by atoms with Crippen LogP contribution in [-0.2, 0) is 16.1 Å². The van der Waals surface area contributed by atoms with Gasteiger partial charge in [-0.05, 0) is 12.0 Å². The Morgan fingerprint density at radius 3 is 2.46 bits per heavy atom. The van der Waals surface area contributed by atoms with Gasteiger partial charge in [0.25, 0.3) is 0 Å². The van der Waals surface area contributed by atoms with E-state index in [-0.39, 0.29) is 35.5 Å². The van der Waals surface area contributed by atoms with Crippen molar-refractivity contribution in [3.8, 4) is 0 Å². The van der Waals surface area contributed by atoms with Gasteiger partial charge in [0.1, 0.15) is 0 Å². The minimum absolute atomic E-state index is 0. The Morgan fingerprint density at radius 2 is 1.92 bits per heavy atom. The normalized spacial score (nSPS) is 8.69. The fourth-order valence-electron chi connectivity index (χ4n) is 0.950. The first-order valence-electron chi connectivity index (χ1n) is 3.76. The van der Waals surface area contributed by atoms with Crippen LogP contribution in [0.1, 0.15) is 12.0 Å². The van der Waals surface area contributed by atoms with Crippen molar-refractivity contribution in [2.75, 3.05) is 0 Å². The molecular weight excluding hydrogens is 177 g/mol. The van der Waals surface area contributed by atoms with E-state index in [1.807, 2.05) is 30.3 Å². The van der Waals surface area contributed by atoms with Crippen molar-refractivity contribution in [1.29, 1.82) is 0 Å². The van der Waals surface area contributed by atoms with Crippen molar-refractivity contribution in [3.05, 3.63) is 35.9 Å². The molecule has 3 nitrogen and oxygen atoms in total. The molecule has 4 heteroatoms. The Labute approximate surface area is 99.5 Å². The van der Waals surface area contributed by atoms with Crippen LogP contribution in [0.4, 0.5) is 0 Å². The molecule has 66 valence electrons. The first kappa shape index (κ1) is 12.7. The Balaban J connectivity index is 0.00000144. The first-order valence-corrected chi connectivity index (χ1v) is 3.76. The molecule has 0 radical (unpaired) electrons. The van der Waals surface area contributed by atoms with E-state index in [1.165, 1.54) is 0 Å². The van der Waals surface area contributed by atoms with Crippen molar-refractivity contribution in [2.24, 2.45) is 5.90 Å². The topological polar surface area (TPSA) is 52.3 Å². The van der Waals surface area contributed by atoms with Crippen LogP contribution in [0, 0.1) is 0 Å². The molecule has 1 aromatic rings. The van der Waals surface area contributed by atoms with Gasteiger partial charge < -0.3 is 4.84 Å². The number of nitrogens with two attached hydrogens (primary N) is 1. The summed E-state index contributed by atoms with van der Waals surface area (Å²) >= 11 is 0. The van der Waals surface area contributed by atoms with Crippen LogP contribution in [0.3, 0.4) is 0 Å². The van der Waals surface area contributed by atoms with Gasteiger partial charge in [0.15, 0.2) is 0 Å². The summed E-state index contributed by atoms with van der Waals surface area (Å²) in [5.74, 6) is 4.31. The molecule has 1 rings (SSSR count). The third kappa shape index (κ3) is 5.05. The summed E-state index contributed by atoms with van der Waals surface area (Å²) in [6, 6.07) is 9.73. The third-order valence-electron chi connectivity index (χ3n) is 1.59. The maximum absolute atomic E-state index is 10.6. The average molecular weight is 189 g/mol. The molecule has 1 aromatic carbocycles. The van der Waals surface area contributed by atoms with Crippen LogP contribution in [0.2, 0.25) is 0 Å². The summed E-state index contributed by atoms with van der Waals surface area (Å²) in [7, 11) is 0. The molecule has 2 N–H and O–H groups in total. The van der Waals surface area contributed by atoms with E-state index < -0.39 is 0 Å².